The third-order valence-corrected chi connectivity index (χ3v) is 6.70. The molecule has 138 valence electrons. The zero-order valence-electron chi connectivity index (χ0n) is 15.6. The number of carbonyl (C=O) groups excluding carboxylic acids is 1. The van der Waals surface area contributed by atoms with Crippen LogP contribution in [-0.2, 0) is 11.2 Å². The number of hydrogen-bond donors (Lipinski definition) is 1. The first kappa shape index (κ1) is 17.6. The second-order valence-corrected chi connectivity index (χ2v) is 8.44. The highest BCUT2D eigenvalue weighted by atomic mass is 32.1. The maximum absolute atomic E-state index is 12.6. The van der Waals surface area contributed by atoms with Gasteiger partial charge in [-0.1, -0.05) is 0 Å². The van der Waals surface area contributed by atoms with Gasteiger partial charge in [0, 0.05) is 41.9 Å². The second-order valence-electron chi connectivity index (χ2n) is 7.44. The van der Waals surface area contributed by atoms with E-state index in [9.17, 15) is 4.79 Å². The predicted molar refractivity (Wildman–Crippen MR) is 109 cm³/mol. The van der Waals surface area contributed by atoms with Crippen molar-refractivity contribution >= 4 is 28.6 Å². The Morgan fingerprint density at radius 3 is 2.81 bits per heavy atom. The van der Waals surface area contributed by atoms with E-state index in [4.69, 9.17) is 0 Å². The molecule has 26 heavy (non-hydrogen) atoms. The van der Waals surface area contributed by atoms with E-state index in [1.807, 2.05) is 11.3 Å². The van der Waals surface area contributed by atoms with Gasteiger partial charge in [-0.25, -0.2) is 0 Å². The molecule has 2 aromatic rings. The van der Waals surface area contributed by atoms with Gasteiger partial charge in [-0.05, 0) is 73.9 Å². The number of hydrogen-bond acceptors (Lipinski definition) is 4. The molecule has 1 amide bonds. The largest absolute Gasteiger partial charge is 0.372 e. The van der Waals surface area contributed by atoms with E-state index in [1.54, 1.807) is 0 Å². The predicted octanol–water partition coefficient (Wildman–Crippen LogP) is 4.21. The number of nitrogens with zero attached hydrogens (tertiary/aromatic N) is 2. The smallest absolute Gasteiger partial charge is 0.238 e. The molecule has 2 aliphatic rings. The lowest BCUT2D eigenvalue weighted by atomic mass is 10.0. The average Bonchev–Trinajstić information content (AvgIpc) is 3.31. The lowest BCUT2D eigenvalue weighted by molar-refractivity contribution is -0.117. The molecule has 1 unspecified atom stereocenters. The lowest BCUT2D eigenvalue weighted by Gasteiger charge is -2.33. The number of carbonyl (C=O) groups is 1. The Hall–Kier alpha value is -1.85. The Bertz CT molecular complexity index is 794. The van der Waals surface area contributed by atoms with E-state index in [0.717, 1.165) is 37.3 Å². The van der Waals surface area contributed by atoms with Crippen LogP contribution in [0, 0.1) is 6.92 Å². The van der Waals surface area contributed by atoms with Gasteiger partial charge in [0.25, 0.3) is 0 Å². The van der Waals surface area contributed by atoms with Gasteiger partial charge in [-0.3, -0.25) is 9.69 Å². The summed E-state index contributed by atoms with van der Waals surface area (Å²) in [6, 6.07) is 8.90. The molecule has 1 saturated heterocycles. The van der Waals surface area contributed by atoms with Crippen molar-refractivity contribution in [3.05, 3.63) is 45.6 Å². The maximum atomic E-state index is 12.6. The topological polar surface area (TPSA) is 35.6 Å². The molecular formula is C21H27N3OS. The van der Waals surface area contributed by atoms with Crippen LogP contribution in [0.4, 0.5) is 11.4 Å². The van der Waals surface area contributed by atoms with Crippen LogP contribution in [0.15, 0.2) is 29.6 Å². The Balaban J connectivity index is 1.39. The number of rotatable bonds is 4. The minimum Gasteiger partial charge on any atom is -0.372 e. The highest BCUT2D eigenvalue weighted by Crippen LogP contribution is 2.32. The third-order valence-electron chi connectivity index (χ3n) is 5.71. The summed E-state index contributed by atoms with van der Waals surface area (Å²) in [6.07, 6.45) is 3.60. The van der Waals surface area contributed by atoms with E-state index in [0.29, 0.717) is 12.6 Å². The van der Waals surface area contributed by atoms with Crippen molar-refractivity contribution < 1.29 is 4.79 Å². The van der Waals surface area contributed by atoms with Gasteiger partial charge in [0.15, 0.2) is 0 Å². The summed E-state index contributed by atoms with van der Waals surface area (Å²) in [5.41, 5.74) is 4.72. The van der Waals surface area contributed by atoms with Crippen LogP contribution in [0.5, 0.6) is 0 Å². The molecule has 1 atom stereocenters. The molecule has 0 bridgehead atoms. The fraction of sp³-hybridized carbons (Fsp3) is 0.476. The molecule has 1 fully saturated rings. The van der Waals surface area contributed by atoms with Crippen molar-refractivity contribution in [2.45, 2.75) is 39.2 Å². The monoisotopic (exact) mass is 369 g/mol. The van der Waals surface area contributed by atoms with Crippen LogP contribution < -0.4 is 10.2 Å². The van der Waals surface area contributed by atoms with Crippen molar-refractivity contribution in [2.24, 2.45) is 0 Å². The summed E-state index contributed by atoms with van der Waals surface area (Å²) in [6.45, 7) is 7.97. The van der Waals surface area contributed by atoms with E-state index >= 15 is 0 Å². The number of nitrogens with one attached hydrogen (secondary N) is 1. The van der Waals surface area contributed by atoms with Crippen LogP contribution in [0.1, 0.15) is 41.8 Å². The molecule has 1 N–H and O–H groups in total. The number of fused-ring (bicyclic) bond motifs is 1. The number of aryl methyl sites for hydroxylation is 1. The summed E-state index contributed by atoms with van der Waals surface area (Å²) in [4.78, 5) is 18.8. The minimum atomic E-state index is 0.0764. The Kier molecular flexibility index (Phi) is 5.00. The molecule has 5 heteroatoms. The zero-order valence-corrected chi connectivity index (χ0v) is 16.4. The molecule has 0 saturated carbocycles. The van der Waals surface area contributed by atoms with Crippen LogP contribution in [0.25, 0.3) is 0 Å². The Labute approximate surface area is 159 Å². The highest BCUT2D eigenvalue weighted by Gasteiger charge is 2.26. The quantitative estimate of drug-likeness (QED) is 0.877. The van der Waals surface area contributed by atoms with Crippen LogP contribution >= 0.6 is 11.3 Å². The summed E-state index contributed by atoms with van der Waals surface area (Å²) >= 11 is 1.84. The first-order valence-corrected chi connectivity index (χ1v) is 10.5. The standard InChI is InChI=1S/C21H27N3OS/c1-15-13-17(23-9-3-4-10-23)5-6-19(15)22-21(25)14-24-11-7-20-18(16(24)2)8-12-26-20/h5-6,8,12-13,16H,3-4,7,9-11,14H2,1-2H3,(H,22,25). The summed E-state index contributed by atoms with van der Waals surface area (Å²) < 4.78 is 0. The summed E-state index contributed by atoms with van der Waals surface area (Å²) in [5, 5.41) is 5.28. The second kappa shape index (κ2) is 7.41. The van der Waals surface area contributed by atoms with Crippen molar-refractivity contribution in [3.63, 3.8) is 0 Å². The maximum Gasteiger partial charge on any atom is 0.238 e. The van der Waals surface area contributed by atoms with Gasteiger partial charge >= 0.3 is 0 Å². The van der Waals surface area contributed by atoms with Crippen LogP contribution in [0.3, 0.4) is 0 Å². The molecule has 4 rings (SSSR count). The van der Waals surface area contributed by atoms with E-state index in [-0.39, 0.29) is 5.91 Å². The van der Waals surface area contributed by atoms with Gasteiger partial charge in [-0.2, -0.15) is 0 Å². The van der Waals surface area contributed by atoms with E-state index in [2.05, 4.69) is 58.6 Å². The zero-order chi connectivity index (χ0) is 18.1. The van der Waals surface area contributed by atoms with Crippen molar-refractivity contribution in [3.8, 4) is 0 Å². The SMILES string of the molecule is Cc1cc(N2CCCC2)ccc1NC(=O)CN1CCc2sccc2C1C. The van der Waals surface area contributed by atoms with Gasteiger partial charge in [0.05, 0.1) is 6.54 Å². The first-order valence-electron chi connectivity index (χ1n) is 9.57. The average molecular weight is 370 g/mol. The van der Waals surface area contributed by atoms with Crippen molar-refractivity contribution in [1.29, 1.82) is 0 Å². The summed E-state index contributed by atoms with van der Waals surface area (Å²) in [7, 11) is 0. The van der Waals surface area contributed by atoms with Gasteiger partial charge < -0.3 is 10.2 Å². The highest BCUT2D eigenvalue weighted by molar-refractivity contribution is 7.10. The van der Waals surface area contributed by atoms with Crippen LogP contribution in [-0.4, -0.2) is 37.0 Å². The number of amides is 1. The van der Waals surface area contributed by atoms with Crippen molar-refractivity contribution in [1.82, 2.24) is 4.90 Å². The normalized spacial score (nSPS) is 20.2. The Morgan fingerprint density at radius 1 is 1.23 bits per heavy atom. The molecule has 1 aromatic carbocycles. The minimum absolute atomic E-state index is 0.0764. The Morgan fingerprint density at radius 2 is 2.04 bits per heavy atom. The number of anilines is 2. The molecule has 0 aliphatic carbocycles. The lowest BCUT2D eigenvalue weighted by Crippen LogP contribution is -2.39. The van der Waals surface area contributed by atoms with Gasteiger partial charge in [-0.15, -0.1) is 11.3 Å². The first-order chi connectivity index (χ1) is 12.6. The van der Waals surface area contributed by atoms with Crippen LogP contribution in [0.2, 0.25) is 0 Å². The van der Waals surface area contributed by atoms with Gasteiger partial charge in [0.1, 0.15) is 0 Å². The molecule has 0 spiro atoms. The molecule has 1 aromatic heterocycles. The molecule has 2 aliphatic heterocycles. The van der Waals surface area contributed by atoms with Crippen molar-refractivity contribution in [2.75, 3.05) is 36.4 Å². The number of benzene rings is 1. The number of thiophene rings is 1. The fourth-order valence-electron chi connectivity index (χ4n) is 4.11. The summed E-state index contributed by atoms with van der Waals surface area (Å²) in [5.74, 6) is 0.0764. The van der Waals surface area contributed by atoms with Gasteiger partial charge in [0.2, 0.25) is 5.91 Å². The van der Waals surface area contributed by atoms with E-state index < -0.39 is 0 Å². The molecule has 3 heterocycles. The van der Waals surface area contributed by atoms with E-state index in [1.165, 1.54) is 29.0 Å². The fourth-order valence-corrected chi connectivity index (χ4v) is 5.07. The molecular weight excluding hydrogens is 342 g/mol. The molecule has 0 radical (unpaired) electrons. The third kappa shape index (κ3) is 3.51. The molecule has 4 nitrogen and oxygen atoms in total.